The quantitative estimate of drug-likeness (QED) is 0.577. The SMILES string of the molecule is Cc1ccc(NC(=O)C(=O)NC(=O)c2ccc(N)cc2)cc1. The van der Waals surface area contributed by atoms with E-state index in [9.17, 15) is 14.4 Å². The van der Waals surface area contributed by atoms with E-state index in [4.69, 9.17) is 5.73 Å². The molecule has 0 unspecified atom stereocenters. The van der Waals surface area contributed by atoms with E-state index in [2.05, 4.69) is 5.32 Å². The van der Waals surface area contributed by atoms with Crippen LogP contribution in [0.3, 0.4) is 0 Å². The largest absolute Gasteiger partial charge is 0.399 e. The van der Waals surface area contributed by atoms with Crippen LogP contribution in [0.4, 0.5) is 11.4 Å². The van der Waals surface area contributed by atoms with E-state index in [1.54, 1.807) is 24.3 Å². The summed E-state index contributed by atoms with van der Waals surface area (Å²) in [5.74, 6) is -2.60. The zero-order chi connectivity index (χ0) is 16.1. The number of imide groups is 1. The number of carbonyl (C=O) groups excluding carboxylic acids is 3. The average Bonchev–Trinajstić information content (AvgIpc) is 2.50. The van der Waals surface area contributed by atoms with Crippen molar-refractivity contribution in [3.05, 3.63) is 59.7 Å². The van der Waals surface area contributed by atoms with Crippen molar-refractivity contribution < 1.29 is 14.4 Å². The number of rotatable bonds is 2. The van der Waals surface area contributed by atoms with Gasteiger partial charge in [0.1, 0.15) is 0 Å². The summed E-state index contributed by atoms with van der Waals surface area (Å²) < 4.78 is 0. The number of hydrogen-bond donors (Lipinski definition) is 3. The fourth-order valence-electron chi connectivity index (χ4n) is 1.69. The number of benzene rings is 2. The number of aryl methyl sites for hydroxylation is 1. The van der Waals surface area contributed by atoms with Gasteiger partial charge in [0.25, 0.3) is 5.91 Å². The molecule has 0 fully saturated rings. The summed E-state index contributed by atoms with van der Waals surface area (Å²) in [6.45, 7) is 1.91. The zero-order valence-corrected chi connectivity index (χ0v) is 11.9. The summed E-state index contributed by atoms with van der Waals surface area (Å²) in [6.07, 6.45) is 0. The minimum atomic E-state index is -1.03. The number of nitrogens with two attached hydrogens (primary N) is 1. The van der Waals surface area contributed by atoms with Gasteiger partial charge in [-0.3, -0.25) is 19.7 Å². The number of nitrogen functional groups attached to an aromatic ring is 1. The van der Waals surface area contributed by atoms with Gasteiger partial charge in [-0.15, -0.1) is 0 Å². The first-order valence-electron chi connectivity index (χ1n) is 6.54. The summed E-state index contributed by atoms with van der Waals surface area (Å²) in [5, 5.41) is 4.43. The highest BCUT2D eigenvalue weighted by Gasteiger charge is 2.17. The Morgan fingerprint density at radius 1 is 0.864 bits per heavy atom. The molecule has 22 heavy (non-hydrogen) atoms. The molecule has 0 aliphatic heterocycles. The third-order valence-corrected chi connectivity index (χ3v) is 2.92. The Hall–Kier alpha value is -3.15. The van der Waals surface area contributed by atoms with Gasteiger partial charge in [0.15, 0.2) is 0 Å². The first-order chi connectivity index (χ1) is 10.5. The molecule has 0 aromatic heterocycles. The monoisotopic (exact) mass is 297 g/mol. The highest BCUT2D eigenvalue weighted by molar-refractivity contribution is 6.42. The van der Waals surface area contributed by atoms with Gasteiger partial charge >= 0.3 is 11.8 Å². The second-order valence-electron chi connectivity index (χ2n) is 4.73. The lowest BCUT2D eigenvalue weighted by atomic mass is 10.2. The molecule has 6 heteroatoms. The van der Waals surface area contributed by atoms with Crippen LogP contribution in [0.25, 0.3) is 0 Å². The highest BCUT2D eigenvalue weighted by Crippen LogP contribution is 2.08. The summed E-state index contributed by atoms with van der Waals surface area (Å²) in [4.78, 5) is 35.2. The normalized spacial score (nSPS) is 9.86. The maximum absolute atomic E-state index is 11.8. The van der Waals surface area contributed by atoms with E-state index < -0.39 is 17.7 Å². The van der Waals surface area contributed by atoms with E-state index >= 15 is 0 Å². The van der Waals surface area contributed by atoms with Crippen LogP contribution in [0.5, 0.6) is 0 Å². The Labute approximate surface area is 127 Å². The molecule has 6 nitrogen and oxygen atoms in total. The van der Waals surface area contributed by atoms with Crippen LogP contribution in [0.1, 0.15) is 15.9 Å². The van der Waals surface area contributed by atoms with Gasteiger partial charge in [-0.05, 0) is 43.3 Å². The summed E-state index contributed by atoms with van der Waals surface area (Å²) in [5.41, 5.74) is 7.76. The molecule has 0 saturated heterocycles. The van der Waals surface area contributed by atoms with Crippen LogP contribution in [0.15, 0.2) is 48.5 Å². The van der Waals surface area contributed by atoms with Crippen LogP contribution in [0.2, 0.25) is 0 Å². The molecule has 0 aliphatic carbocycles. The first kappa shape index (κ1) is 15.2. The lowest BCUT2D eigenvalue weighted by Crippen LogP contribution is -2.39. The van der Waals surface area contributed by atoms with E-state index in [0.717, 1.165) is 5.56 Å². The lowest BCUT2D eigenvalue weighted by Gasteiger charge is -2.06. The Balaban J connectivity index is 1.96. The van der Waals surface area contributed by atoms with E-state index in [-0.39, 0.29) is 5.56 Å². The number of carbonyl (C=O) groups is 3. The molecular formula is C16H15N3O3. The number of anilines is 2. The van der Waals surface area contributed by atoms with Crippen molar-refractivity contribution in [2.24, 2.45) is 0 Å². The molecule has 4 N–H and O–H groups in total. The predicted octanol–water partition coefficient (Wildman–Crippen LogP) is 1.47. The maximum Gasteiger partial charge on any atom is 0.316 e. The first-order valence-corrected chi connectivity index (χ1v) is 6.54. The fraction of sp³-hybridized carbons (Fsp3) is 0.0625. The van der Waals surface area contributed by atoms with Crippen LogP contribution in [0, 0.1) is 6.92 Å². The van der Waals surface area contributed by atoms with Crippen molar-refractivity contribution in [1.82, 2.24) is 5.32 Å². The van der Waals surface area contributed by atoms with Crippen LogP contribution in [-0.2, 0) is 9.59 Å². The molecule has 0 aliphatic rings. The van der Waals surface area contributed by atoms with Crippen molar-refractivity contribution in [1.29, 1.82) is 0 Å². The molecule has 3 amide bonds. The van der Waals surface area contributed by atoms with Gasteiger partial charge in [0, 0.05) is 16.9 Å². The topological polar surface area (TPSA) is 101 Å². The summed E-state index contributed by atoms with van der Waals surface area (Å²) in [6, 6.07) is 12.9. The number of nitrogens with one attached hydrogen (secondary N) is 2. The van der Waals surface area contributed by atoms with Gasteiger partial charge in [-0.1, -0.05) is 17.7 Å². The third-order valence-electron chi connectivity index (χ3n) is 2.92. The molecule has 2 rings (SSSR count). The van der Waals surface area contributed by atoms with Crippen molar-refractivity contribution in [3.63, 3.8) is 0 Å². The predicted molar refractivity (Wildman–Crippen MR) is 83.1 cm³/mol. The van der Waals surface area contributed by atoms with Crippen LogP contribution >= 0.6 is 0 Å². The molecule has 112 valence electrons. The molecule has 0 spiro atoms. The Kier molecular flexibility index (Phi) is 4.53. The molecule has 0 bridgehead atoms. The minimum Gasteiger partial charge on any atom is -0.399 e. The Bertz CT molecular complexity index is 706. The molecule has 0 radical (unpaired) electrons. The van der Waals surface area contributed by atoms with Gasteiger partial charge in [-0.2, -0.15) is 0 Å². The molecule has 2 aromatic rings. The smallest absolute Gasteiger partial charge is 0.316 e. The Morgan fingerprint density at radius 2 is 1.45 bits per heavy atom. The van der Waals surface area contributed by atoms with Crippen LogP contribution in [-0.4, -0.2) is 17.7 Å². The molecule has 2 aromatic carbocycles. The summed E-state index contributed by atoms with van der Waals surface area (Å²) >= 11 is 0. The van der Waals surface area contributed by atoms with E-state index in [0.29, 0.717) is 11.4 Å². The molecule has 0 heterocycles. The van der Waals surface area contributed by atoms with Crippen LogP contribution < -0.4 is 16.4 Å². The minimum absolute atomic E-state index is 0.241. The summed E-state index contributed by atoms with van der Waals surface area (Å²) in [7, 11) is 0. The average molecular weight is 297 g/mol. The second-order valence-corrected chi connectivity index (χ2v) is 4.73. The Morgan fingerprint density at radius 3 is 2.05 bits per heavy atom. The van der Waals surface area contributed by atoms with E-state index in [1.165, 1.54) is 24.3 Å². The third kappa shape index (κ3) is 3.92. The molecule has 0 saturated carbocycles. The second kappa shape index (κ2) is 6.53. The van der Waals surface area contributed by atoms with Crippen molar-refractivity contribution in [2.45, 2.75) is 6.92 Å². The van der Waals surface area contributed by atoms with E-state index in [1.807, 2.05) is 12.2 Å². The standard InChI is InChI=1S/C16H15N3O3/c1-10-2-8-13(9-3-10)18-15(21)16(22)19-14(20)11-4-6-12(17)7-5-11/h2-9H,17H2,1H3,(H,18,21)(H,19,20,22). The van der Waals surface area contributed by atoms with Gasteiger partial charge in [0.2, 0.25) is 0 Å². The van der Waals surface area contributed by atoms with Gasteiger partial charge < -0.3 is 11.1 Å². The zero-order valence-electron chi connectivity index (χ0n) is 11.9. The van der Waals surface area contributed by atoms with Gasteiger partial charge in [-0.25, -0.2) is 0 Å². The van der Waals surface area contributed by atoms with Crippen molar-refractivity contribution in [3.8, 4) is 0 Å². The van der Waals surface area contributed by atoms with Crippen molar-refractivity contribution in [2.75, 3.05) is 11.1 Å². The lowest BCUT2D eigenvalue weighted by molar-refractivity contribution is -0.135. The maximum atomic E-state index is 11.8. The van der Waals surface area contributed by atoms with Crippen molar-refractivity contribution >= 4 is 29.1 Å². The number of hydrogen-bond acceptors (Lipinski definition) is 4. The highest BCUT2D eigenvalue weighted by atomic mass is 16.2. The molecule has 0 atom stereocenters. The fourth-order valence-corrected chi connectivity index (χ4v) is 1.69. The molecular weight excluding hydrogens is 282 g/mol. The van der Waals surface area contributed by atoms with Gasteiger partial charge in [0.05, 0.1) is 0 Å². The number of amides is 3.